The smallest absolute Gasteiger partial charge is 0.264 e. The molecule has 2 aromatic rings. The van der Waals surface area contributed by atoms with E-state index in [4.69, 9.17) is 0 Å². The number of nitrogens with one attached hydrogen (secondary N) is 1. The predicted molar refractivity (Wildman–Crippen MR) is 91.9 cm³/mol. The highest BCUT2D eigenvalue weighted by Gasteiger charge is 2.23. The summed E-state index contributed by atoms with van der Waals surface area (Å²) >= 11 is 5.32. The first-order valence-corrected chi connectivity index (χ1v) is 8.68. The van der Waals surface area contributed by atoms with E-state index in [1.807, 2.05) is 0 Å². The van der Waals surface area contributed by atoms with Crippen LogP contribution in [-0.2, 0) is 0 Å². The Bertz CT molecular complexity index is 721. The van der Waals surface area contributed by atoms with Gasteiger partial charge in [-0.05, 0) is 53.6 Å². The van der Waals surface area contributed by atoms with Gasteiger partial charge in [-0.15, -0.1) is 0 Å². The van der Waals surface area contributed by atoms with Crippen molar-refractivity contribution in [3.63, 3.8) is 0 Å². The maximum absolute atomic E-state index is 13.5. The highest BCUT2D eigenvalue weighted by atomic mass is 127. The Morgan fingerprint density at radius 2 is 2.00 bits per heavy atom. The zero-order valence-corrected chi connectivity index (χ0v) is 14.9. The Morgan fingerprint density at radius 3 is 2.67 bits per heavy atom. The second-order valence-electron chi connectivity index (χ2n) is 5.25. The molecule has 6 heteroatoms. The van der Waals surface area contributed by atoms with Crippen LogP contribution in [0.15, 0.2) is 27.5 Å². The number of aromatic nitrogens is 2. The van der Waals surface area contributed by atoms with E-state index in [2.05, 4.69) is 48.5 Å². The van der Waals surface area contributed by atoms with E-state index in [9.17, 15) is 9.18 Å². The van der Waals surface area contributed by atoms with E-state index < -0.39 is 0 Å². The topological polar surface area (TPSA) is 45.8 Å². The standard InChI is InChI=1S/C15H13BrFIN2O/c16-10-5-9(6-11(17)7-10)14-19-13(8-3-1-2-4-8)12(18)15(21)20-14/h5-8H,1-4H2,(H,19,20,21). The fraction of sp³-hybridized carbons (Fsp3) is 0.333. The van der Waals surface area contributed by atoms with Crippen molar-refractivity contribution in [2.24, 2.45) is 0 Å². The molecule has 1 heterocycles. The molecular formula is C15H13BrFIN2O. The van der Waals surface area contributed by atoms with Gasteiger partial charge in [-0.2, -0.15) is 0 Å². The highest BCUT2D eigenvalue weighted by molar-refractivity contribution is 14.1. The molecule has 0 radical (unpaired) electrons. The molecule has 110 valence electrons. The third-order valence-electron chi connectivity index (χ3n) is 3.77. The summed E-state index contributed by atoms with van der Waals surface area (Å²) in [4.78, 5) is 19.5. The summed E-state index contributed by atoms with van der Waals surface area (Å²) in [6.45, 7) is 0. The van der Waals surface area contributed by atoms with Crippen LogP contribution in [-0.4, -0.2) is 9.97 Å². The van der Waals surface area contributed by atoms with Crippen molar-refractivity contribution in [3.05, 3.63) is 48.1 Å². The number of halogens is 3. The van der Waals surface area contributed by atoms with Crippen LogP contribution in [0.4, 0.5) is 4.39 Å². The third kappa shape index (κ3) is 3.21. The predicted octanol–water partition coefficient (Wildman–Crippen LogP) is 4.60. The van der Waals surface area contributed by atoms with E-state index in [1.165, 1.54) is 25.0 Å². The summed E-state index contributed by atoms with van der Waals surface area (Å²) < 4.78 is 14.8. The second kappa shape index (κ2) is 6.16. The van der Waals surface area contributed by atoms with Crippen LogP contribution in [0.1, 0.15) is 37.3 Å². The lowest BCUT2D eigenvalue weighted by Gasteiger charge is -2.12. The molecule has 0 atom stereocenters. The quantitative estimate of drug-likeness (QED) is 0.663. The first-order chi connectivity index (χ1) is 10.0. The molecule has 1 fully saturated rings. The zero-order valence-electron chi connectivity index (χ0n) is 11.1. The van der Waals surface area contributed by atoms with E-state index in [1.54, 1.807) is 6.07 Å². The van der Waals surface area contributed by atoms with Crippen LogP contribution < -0.4 is 5.56 Å². The molecule has 0 amide bonds. The Hall–Kier alpha value is -0.760. The zero-order chi connectivity index (χ0) is 15.0. The summed E-state index contributed by atoms with van der Waals surface area (Å²) in [5.74, 6) is 0.417. The van der Waals surface area contributed by atoms with E-state index >= 15 is 0 Å². The van der Waals surface area contributed by atoms with Gasteiger partial charge < -0.3 is 4.98 Å². The molecule has 3 nitrogen and oxygen atoms in total. The summed E-state index contributed by atoms with van der Waals surface area (Å²) in [5, 5.41) is 0. The molecule has 0 spiro atoms. The minimum Gasteiger partial charge on any atom is -0.306 e. The number of nitrogens with zero attached hydrogens (tertiary/aromatic N) is 1. The highest BCUT2D eigenvalue weighted by Crippen LogP contribution is 2.35. The number of benzene rings is 1. The second-order valence-corrected chi connectivity index (χ2v) is 7.25. The molecule has 1 aliphatic carbocycles. The van der Waals surface area contributed by atoms with Crippen LogP contribution in [0.5, 0.6) is 0 Å². The lowest BCUT2D eigenvalue weighted by Crippen LogP contribution is -2.18. The molecule has 3 rings (SSSR count). The van der Waals surface area contributed by atoms with E-state index in [-0.39, 0.29) is 11.4 Å². The van der Waals surface area contributed by atoms with Crippen LogP contribution in [0.3, 0.4) is 0 Å². The first kappa shape index (κ1) is 15.1. The van der Waals surface area contributed by atoms with Gasteiger partial charge in [-0.3, -0.25) is 4.79 Å². The number of hydrogen-bond donors (Lipinski definition) is 1. The number of rotatable bonds is 2. The van der Waals surface area contributed by atoms with Gasteiger partial charge in [0.15, 0.2) is 0 Å². The van der Waals surface area contributed by atoms with Crippen molar-refractivity contribution >= 4 is 38.5 Å². The van der Waals surface area contributed by atoms with Crippen molar-refractivity contribution in [1.29, 1.82) is 0 Å². The monoisotopic (exact) mass is 462 g/mol. The molecule has 1 aliphatic rings. The average molecular weight is 463 g/mol. The maximum Gasteiger partial charge on any atom is 0.264 e. The van der Waals surface area contributed by atoms with Gasteiger partial charge in [-0.1, -0.05) is 28.8 Å². The summed E-state index contributed by atoms with van der Waals surface area (Å²) in [5.41, 5.74) is 1.28. The Kier molecular flexibility index (Phi) is 4.44. The average Bonchev–Trinajstić information content (AvgIpc) is 2.94. The summed E-state index contributed by atoms with van der Waals surface area (Å²) in [6, 6.07) is 4.52. The summed E-state index contributed by atoms with van der Waals surface area (Å²) in [7, 11) is 0. The molecule has 0 unspecified atom stereocenters. The van der Waals surface area contributed by atoms with Crippen LogP contribution in [0, 0.1) is 9.39 Å². The number of hydrogen-bond acceptors (Lipinski definition) is 2. The molecule has 0 aliphatic heterocycles. The Balaban J connectivity index is 2.12. The summed E-state index contributed by atoms with van der Waals surface area (Å²) in [6.07, 6.45) is 4.49. The van der Waals surface area contributed by atoms with Gasteiger partial charge in [0, 0.05) is 16.0 Å². The molecular weight excluding hydrogens is 450 g/mol. The molecule has 21 heavy (non-hydrogen) atoms. The molecule has 1 aromatic carbocycles. The molecule has 0 bridgehead atoms. The normalized spacial score (nSPS) is 15.6. The van der Waals surface area contributed by atoms with Gasteiger partial charge in [0.05, 0.1) is 9.26 Å². The SMILES string of the molecule is O=c1[nH]c(-c2cc(F)cc(Br)c2)nc(C2CCCC2)c1I. The van der Waals surface area contributed by atoms with Crippen LogP contribution in [0.2, 0.25) is 0 Å². The Morgan fingerprint density at radius 1 is 1.29 bits per heavy atom. The number of aromatic amines is 1. The molecule has 0 saturated heterocycles. The first-order valence-electron chi connectivity index (χ1n) is 6.81. The minimum absolute atomic E-state index is 0.150. The molecule has 1 N–H and O–H groups in total. The van der Waals surface area contributed by atoms with Crippen LogP contribution >= 0.6 is 38.5 Å². The lowest BCUT2D eigenvalue weighted by atomic mass is 10.0. The fourth-order valence-corrected chi connectivity index (χ4v) is 3.93. The third-order valence-corrected chi connectivity index (χ3v) is 5.27. The molecule has 1 saturated carbocycles. The Labute approximate surface area is 143 Å². The van der Waals surface area contributed by atoms with Crippen molar-refractivity contribution in [2.75, 3.05) is 0 Å². The van der Waals surface area contributed by atoms with E-state index in [0.29, 0.717) is 25.3 Å². The van der Waals surface area contributed by atoms with Gasteiger partial charge in [-0.25, -0.2) is 9.37 Å². The minimum atomic E-state index is -0.358. The van der Waals surface area contributed by atoms with Gasteiger partial charge >= 0.3 is 0 Å². The molecule has 1 aromatic heterocycles. The largest absolute Gasteiger partial charge is 0.306 e. The van der Waals surface area contributed by atoms with Crippen molar-refractivity contribution in [3.8, 4) is 11.4 Å². The van der Waals surface area contributed by atoms with E-state index in [0.717, 1.165) is 18.5 Å². The van der Waals surface area contributed by atoms with Crippen LogP contribution in [0.25, 0.3) is 11.4 Å². The fourth-order valence-electron chi connectivity index (χ4n) is 2.77. The van der Waals surface area contributed by atoms with Crippen molar-refractivity contribution in [2.45, 2.75) is 31.6 Å². The van der Waals surface area contributed by atoms with Crippen molar-refractivity contribution < 1.29 is 4.39 Å². The maximum atomic E-state index is 13.5. The van der Waals surface area contributed by atoms with Gasteiger partial charge in [0.1, 0.15) is 11.6 Å². The van der Waals surface area contributed by atoms with Gasteiger partial charge in [0.2, 0.25) is 0 Å². The van der Waals surface area contributed by atoms with Gasteiger partial charge in [0.25, 0.3) is 5.56 Å². The number of H-pyrrole nitrogens is 1. The lowest BCUT2D eigenvalue weighted by molar-refractivity contribution is 0.627. The van der Waals surface area contributed by atoms with Crippen molar-refractivity contribution in [1.82, 2.24) is 9.97 Å².